The number of allylic oxidation sites excluding steroid dienone is 2. The van der Waals surface area contributed by atoms with E-state index in [4.69, 9.17) is 0 Å². The van der Waals surface area contributed by atoms with Gasteiger partial charge < -0.3 is 0 Å². The Morgan fingerprint density at radius 3 is 2.07 bits per heavy atom. The van der Waals surface area contributed by atoms with Gasteiger partial charge in [0.05, 0.1) is 0 Å². The summed E-state index contributed by atoms with van der Waals surface area (Å²) < 4.78 is 0. The third kappa shape index (κ3) is 2.04. The van der Waals surface area contributed by atoms with E-state index in [0.29, 0.717) is 10.8 Å². The van der Waals surface area contributed by atoms with Gasteiger partial charge >= 0.3 is 0 Å². The van der Waals surface area contributed by atoms with E-state index in [1.807, 2.05) is 0 Å². The minimum absolute atomic E-state index is 0.361. The normalized spacial score (nSPS) is 30.3. The summed E-state index contributed by atoms with van der Waals surface area (Å²) in [7, 11) is 0. The number of rotatable bonds is 1. The van der Waals surface area contributed by atoms with E-state index in [2.05, 4.69) is 54.5 Å². The highest BCUT2D eigenvalue weighted by atomic mass is 14.5. The van der Waals surface area contributed by atoms with Gasteiger partial charge in [-0.1, -0.05) is 53.2 Å². The van der Waals surface area contributed by atoms with Gasteiger partial charge in [-0.3, -0.25) is 0 Å². The van der Waals surface area contributed by atoms with Crippen molar-refractivity contribution < 1.29 is 0 Å². The van der Waals surface area contributed by atoms with E-state index in [-0.39, 0.29) is 0 Å². The zero-order chi connectivity index (χ0) is 11.1. The van der Waals surface area contributed by atoms with Crippen LogP contribution in [0.1, 0.15) is 54.9 Å². The van der Waals surface area contributed by atoms with Gasteiger partial charge in [-0.2, -0.15) is 0 Å². The lowest BCUT2D eigenvalue weighted by Gasteiger charge is -2.50. The Labute approximate surface area is 89.8 Å². The minimum Gasteiger partial charge on any atom is -0.0796 e. The summed E-state index contributed by atoms with van der Waals surface area (Å²) in [4.78, 5) is 0. The fourth-order valence-electron chi connectivity index (χ4n) is 4.37. The second-order valence-corrected chi connectivity index (χ2v) is 6.70. The maximum atomic E-state index is 2.49. The largest absolute Gasteiger partial charge is 0.0796 e. The first-order chi connectivity index (χ1) is 6.17. The molecule has 1 aliphatic rings. The predicted molar refractivity (Wildman–Crippen MR) is 64.3 cm³/mol. The van der Waals surface area contributed by atoms with Crippen LogP contribution in [-0.2, 0) is 0 Å². The summed E-state index contributed by atoms with van der Waals surface area (Å²) in [5, 5.41) is 0. The molecule has 0 saturated carbocycles. The van der Waals surface area contributed by atoms with Crippen LogP contribution in [0.25, 0.3) is 0 Å². The Morgan fingerprint density at radius 1 is 1.21 bits per heavy atom. The zero-order valence-electron chi connectivity index (χ0n) is 10.9. The molecule has 0 nitrogen and oxygen atoms in total. The molecule has 0 aromatic heterocycles. The molecule has 0 radical (unpaired) electrons. The molecule has 82 valence electrons. The third-order valence-corrected chi connectivity index (χ3v) is 3.66. The van der Waals surface area contributed by atoms with Gasteiger partial charge in [0.25, 0.3) is 0 Å². The van der Waals surface area contributed by atoms with Crippen LogP contribution in [0.2, 0.25) is 0 Å². The van der Waals surface area contributed by atoms with E-state index in [1.54, 1.807) is 5.57 Å². The summed E-state index contributed by atoms with van der Waals surface area (Å²) in [6.07, 6.45) is 3.75. The molecule has 0 saturated heterocycles. The Morgan fingerprint density at radius 2 is 1.71 bits per heavy atom. The van der Waals surface area contributed by atoms with E-state index in [1.165, 1.54) is 6.42 Å². The van der Waals surface area contributed by atoms with Gasteiger partial charge in [0.15, 0.2) is 0 Å². The first-order valence-electron chi connectivity index (χ1n) is 5.85. The van der Waals surface area contributed by atoms with Crippen LogP contribution in [0.4, 0.5) is 0 Å². The average Bonchev–Trinajstić information content (AvgIpc) is 1.75. The van der Waals surface area contributed by atoms with Crippen molar-refractivity contribution in [3.05, 3.63) is 11.6 Å². The maximum absolute atomic E-state index is 2.49. The molecule has 14 heavy (non-hydrogen) atoms. The second-order valence-electron chi connectivity index (χ2n) is 6.70. The summed E-state index contributed by atoms with van der Waals surface area (Å²) in [5.74, 6) is 1.56. The Bertz CT molecular complexity index is 241. The van der Waals surface area contributed by atoms with E-state index in [9.17, 15) is 0 Å². The Hall–Kier alpha value is -0.260. The van der Waals surface area contributed by atoms with Crippen LogP contribution in [-0.4, -0.2) is 0 Å². The molecular weight excluding hydrogens is 168 g/mol. The van der Waals surface area contributed by atoms with Crippen molar-refractivity contribution in [1.82, 2.24) is 0 Å². The molecule has 0 amide bonds. The highest BCUT2D eigenvalue weighted by Gasteiger charge is 2.43. The van der Waals surface area contributed by atoms with Crippen molar-refractivity contribution in [1.29, 1.82) is 0 Å². The Kier molecular flexibility index (Phi) is 2.87. The highest BCUT2D eigenvalue weighted by molar-refractivity contribution is 5.16. The highest BCUT2D eigenvalue weighted by Crippen LogP contribution is 2.52. The van der Waals surface area contributed by atoms with Gasteiger partial charge in [-0.25, -0.2) is 0 Å². The monoisotopic (exact) mass is 194 g/mol. The van der Waals surface area contributed by atoms with Crippen LogP contribution in [0, 0.1) is 22.7 Å². The topological polar surface area (TPSA) is 0 Å². The van der Waals surface area contributed by atoms with E-state index in [0.717, 1.165) is 11.8 Å². The molecule has 1 rings (SSSR count). The summed E-state index contributed by atoms with van der Waals surface area (Å²) in [6.45, 7) is 16.6. The second kappa shape index (κ2) is 3.40. The van der Waals surface area contributed by atoms with Crippen molar-refractivity contribution in [3.63, 3.8) is 0 Å². The molecule has 0 aliphatic heterocycles. The average molecular weight is 194 g/mol. The van der Waals surface area contributed by atoms with Crippen LogP contribution in [0.3, 0.4) is 0 Å². The third-order valence-electron chi connectivity index (χ3n) is 3.66. The molecule has 1 atom stereocenters. The van der Waals surface area contributed by atoms with Crippen LogP contribution >= 0.6 is 0 Å². The lowest BCUT2D eigenvalue weighted by atomic mass is 9.55. The summed E-state index contributed by atoms with van der Waals surface area (Å²) >= 11 is 0. The smallest absolute Gasteiger partial charge is 0.0136 e. The van der Waals surface area contributed by atoms with E-state index < -0.39 is 0 Å². The summed E-state index contributed by atoms with van der Waals surface area (Å²) in [6, 6.07) is 0. The molecule has 1 unspecified atom stereocenters. The standard InChI is InChI=1S/C14H26/c1-10(2)12-13(4,5)8-11(3)9-14(12,6)7/h8,10,12H,9H2,1-7H3. The van der Waals surface area contributed by atoms with Crippen LogP contribution < -0.4 is 0 Å². The minimum atomic E-state index is 0.361. The molecule has 0 aromatic rings. The Balaban J connectivity index is 3.12. The fraction of sp³-hybridized carbons (Fsp3) is 0.857. The number of hydrogen-bond acceptors (Lipinski definition) is 0. The lowest BCUT2D eigenvalue weighted by Crippen LogP contribution is -2.42. The molecule has 1 aliphatic carbocycles. The predicted octanol–water partition coefficient (Wildman–Crippen LogP) is 4.66. The first kappa shape index (κ1) is 11.8. The molecule has 0 bridgehead atoms. The summed E-state index contributed by atoms with van der Waals surface area (Å²) in [5.41, 5.74) is 2.38. The number of hydrogen-bond donors (Lipinski definition) is 0. The lowest BCUT2D eigenvalue weighted by molar-refractivity contribution is 0.0490. The molecule has 0 heterocycles. The zero-order valence-corrected chi connectivity index (χ0v) is 10.9. The van der Waals surface area contributed by atoms with Gasteiger partial charge in [0.2, 0.25) is 0 Å². The molecule has 0 spiro atoms. The maximum Gasteiger partial charge on any atom is -0.0136 e. The van der Waals surface area contributed by atoms with Crippen LogP contribution in [0.5, 0.6) is 0 Å². The van der Waals surface area contributed by atoms with Crippen molar-refractivity contribution in [2.24, 2.45) is 22.7 Å². The van der Waals surface area contributed by atoms with Crippen molar-refractivity contribution >= 4 is 0 Å². The first-order valence-corrected chi connectivity index (χ1v) is 5.85. The quantitative estimate of drug-likeness (QED) is 0.532. The van der Waals surface area contributed by atoms with Gasteiger partial charge in [0, 0.05) is 0 Å². The van der Waals surface area contributed by atoms with Crippen molar-refractivity contribution in [3.8, 4) is 0 Å². The van der Waals surface area contributed by atoms with Gasteiger partial charge in [0.1, 0.15) is 0 Å². The molecule has 0 aromatic carbocycles. The van der Waals surface area contributed by atoms with Crippen molar-refractivity contribution in [2.45, 2.75) is 54.9 Å². The van der Waals surface area contributed by atoms with Crippen LogP contribution in [0.15, 0.2) is 11.6 Å². The molecule has 0 N–H and O–H groups in total. The SMILES string of the molecule is CC1=CC(C)(C)C(C(C)C)C(C)(C)C1. The van der Waals surface area contributed by atoms with Crippen molar-refractivity contribution in [2.75, 3.05) is 0 Å². The molecular formula is C14H26. The van der Waals surface area contributed by atoms with Gasteiger partial charge in [-0.05, 0) is 36.0 Å². The fourth-order valence-corrected chi connectivity index (χ4v) is 4.37. The molecule has 0 heteroatoms. The van der Waals surface area contributed by atoms with E-state index >= 15 is 0 Å². The van der Waals surface area contributed by atoms with Gasteiger partial charge in [-0.15, -0.1) is 0 Å². The molecule has 0 fully saturated rings.